The average molecular weight is 310 g/mol. The third kappa shape index (κ3) is 4.10. The topological polar surface area (TPSA) is 47.6 Å². The van der Waals surface area contributed by atoms with E-state index >= 15 is 0 Å². The number of carbonyl (C=O) groups is 1. The van der Waals surface area contributed by atoms with Crippen molar-refractivity contribution in [3.8, 4) is 11.5 Å². The van der Waals surface area contributed by atoms with Crippen LogP contribution >= 0.6 is 11.6 Å². The minimum absolute atomic E-state index is 0.0193. The summed E-state index contributed by atoms with van der Waals surface area (Å²) in [6, 6.07) is 11.1. The number of hydrogen-bond donors (Lipinski definition) is 1. The van der Waals surface area contributed by atoms with Crippen LogP contribution in [-0.4, -0.2) is 19.6 Å². The first-order valence-corrected chi connectivity index (χ1v) is 6.48. The van der Waals surface area contributed by atoms with Crippen molar-refractivity contribution in [3.63, 3.8) is 0 Å². The van der Waals surface area contributed by atoms with Crippen LogP contribution in [0.2, 0.25) is 5.02 Å². The molecule has 0 radical (unpaired) electrons. The summed E-state index contributed by atoms with van der Waals surface area (Å²) in [5, 5.41) is 2.34. The minimum atomic E-state index is -0.669. The maximum absolute atomic E-state index is 13.6. The molecule has 21 heavy (non-hydrogen) atoms. The SMILES string of the molecule is COc1ccc(OCC(=O)Nc2cccc(Cl)c2F)cc1. The van der Waals surface area contributed by atoms with E-state index in [4.69, 9.17) is 21.1 Å². The molecule has 0 aliphatic rings. The quantitative estimate of drug-likeness (QED) is 0.919. The van der Waals surface area contributed by atoms with Gasteiger partial charge in [-0.15, -0.1) is 0 Å². The second-order valence-electron chi connectivity index (χ2n) is 4.11. The van der Waals surface area contributed by atoms with Crippen LogP contribution in [0, 0.1) is 5.82 Å². The molecule has 1 amide bonds. The predicted molar refractivity (Wildman–Crippen MR) is 78.5 cm³/mol. The number of benzene rings is 2. The highest BCUT2D eigenvalue weighted by Crippen LogP contribution is 2.22. The van der Waals surface area contributed by atoms with Crippen LogP contribution in [0.3, 0.4) is 0 Å². The monoisotopic (exact) mass is 309 g/mol. The van der Waals surface area contributed by atoms with Gasteiger partial charge in [-0.2, -0.15) is 0 Å². The molecule has 0 aliphatic carbocycles. The molecule has 0 aromatic heterocycles. The van der Waals surface area contributed by atoms with Crippen LogP contribution in [0.1, 0.15) is 0 Å². The summed E-state index contributed by atoms with van der Waals surface area (Å²) in [5.74, 6) is 0.0502. The highest BCUT2D eigenvalue weighted by molar-refractivity contribution is 6.31. The average Bonchev–Trinajstić information content (AvgIpc) is 2.50. The van der Waals surface area contributed by atoms with E-state index < -0.39 is 11.7 Å². The van der Waals surface area contributed by atoms with E-state index in [0.29, 0.717) is 11.5 Å². The van der Waals surface area contributed by atoms with Crippen molar-refractivity contribution in [2.75, 3.05) is 19.0 Å². The Morgan fingerprint density at radius 3 is 2.52 bits per heavy atom. The lowest BCUT2D eigenvalue weighted by Gasteiger charge is -2.09. The number of anilines is 1. The summed E-state index contributed by atoms with van der Waals surface area (Å²) < 4.78 is 23.9. The number of rotatable bonds is 5. The van der Waals surface area contributed by atoms with E-state index in [1.807, 2.05) is 0 Å². The van der Waals surface area contributed by atoms with Crippen LogP contribution in [-0.2, 0) is 4.79 Å². The van der Waals surface area contributed by atoms with Gasteiger partial charge in [0.05, 0.1) is 17.8 Å². The van der Waals surface area contributed by atoms with Gasteiger partial charge in [0.25, 0.3) is 5.91 Å². The van der Waals surface area contributed by atoms with E-state index in [2.05, 4.69) is 5.32 Å². The van der Waals surface area contributed by atoms with Crippen LogP contribution < -0.4 is 14.8 Å². The van der Waals surface area contributed by atoms with E-state index in [0.717, 1.165) is 0 Å². The lowest BCUT2D eigenvalue weighted by molar-refractivity contribution is -0.118. The Bertz CT molecular complexity index is 631. The number of carbonyl (C=O) groups excluding carboxylic acids is 1. The highest BCUT2D eigenvalue weighted by Gasteiger charge is 2.10. The second kappa shape index (κ2) is 6.95. The molecule has 1 N–H and O–H groups in total. The Kier molecular flexibility index (Phi) is 5.00. The van der Waals surface area contributed by atoms with Crippen LogP contribution in [0.25, 0.3) is 0 Å². The van der Waals surface area contributed by atoms with Gasteiger partial charge in [-0.1, -0.05) is 17.7 Å². The van der Waals surface area contributed by atoms with Gasteiger partial charge >= 0.3 is 0 Å². The molecule has 2 aromatic rings. The number of halogens is 2. The molecule has 4 nitrogen and oxygen atoms in total. The molecule has 2 rings (SSSR count). The summed E-state index contributed by atoms with van der Waals surface area (Å²) in [6.07, 6.45) is 0. The molecule has 6 heteroatoms. The third-order valence-corrected chi connectivity index (χ3v) is 2.95. The molecular weight excluding hydrogens is 297 g/mol. The summed E-state index contributed by atoms with van der Waals surface area (Å²) >= 11 is 5.63. The normalized spacial score (nSPS) is 10.0. The van der Waals surface area contributed by atoms with E-state index in [1.54, 1.807) is 37.4 Å². The smallest absolute Gasteiger partial charge is 0.262 e. The van der Waals surface area contributed by atoms with Gasteiger partial charge in [0.2, 0.25) is 0 Å². The maximum atomic E-state index is 13.6. The molecule has 0 heterocycles. The van der Waals surface area contributed by atoms with Crippen LogP contribution in [0.4, 0.5) is 10.1 Å². The number of amides is 1. The van der Waals surface area contributed by atoms with Crippen LogP contribution in [0.5, 0.6) is 11.5 Å². The Morgan fingerprint density at radius 2 is 1.86 bits per heavy atom. The van der Waals surface area contributed by atoms with Gasteiger partial charge < -0.3 is 14.8 Å². The lowest BCUT2D eigenvalue weighted by atomic mass is 10.3. The summed E-state index contributed by atoms with van der Waals surface area (Å²) in [4.78, 5) is 11.7. The Morgan fingerprint density at radius 1 is 1.19 bits per heavy atom. The maximum Gasteiger partial charge on any atom is 0.262 e. The molecule has 0 aliphatic heterocycles. The van der Waals surface area contributed by atoms with E-state index in [1.165, 1.54) is 12.1 Å². The van der Waals surface area contributed by atoms with Gasteiger partial charge in [0, 0.05) is 0 Å². The van der Waals surface area contributed by atoms with Crippen molar-refractivity contribution in [1.82, 2.24) is 0 Å². The number of nitrogens with one attached hydrogen (secondary N) is 1. The predicted octanol–water partition coefficient (Wildman–Crippen LogP) is 3.51. The molecule has 0 bridgehead atoms. The molecule has 0 saturated heterocycles. The first kappa shape index (κ1) is 15.1. The fourth-order valence-corrected chi connectivity index (χ4v) is 1.78. The van der Waals surface area contributed by atoms with E-state index in [9.17, 15) is 9.18 Å². The fraction of sp³-hybridized carbons (Fsp3) is 0.133. The van der Waals surface area contributed by atoms with Gasteiger partial charge in [0.15, 0.2) is 12.4 Å². The number of ether oxygens (including phenoxy) is 2. The van der Waals surface area contributed by atoms with Crippen molar-refractivity contribution >= 4 is 23.2 Å². The van der Waals surface area contributed by atoms with E-state index in [-0.39, 0.29) is 17.3 Å². The third-order valence-electron chi connectivity index (χ3n) is 2.66. The number of hydrogen-bond acceptors (Lipinski definition) is 3. The first-order chi connectivity index (χ1) is 10.1. The minimum Gasteiger partial charge on any atom is -0.497 e. The zero-order chi connectivity index (χ0) is 15.2. The lowest BCUT2D eigenvalue weighted by Crippen LogP contribution is -2.20. The standard InChI is InChI=1S/C15H13ClFNO3/c1-20-10-5-7-11(8-6-10)21-9-14(19)18-13-4-2-3-12(16)15(13)17/h2-8H,9H2,1H3,(H,18,19). The largest absolute Gasteiger partial charge is 0.497 e. The van der Waals surface area contributed by atoms with Crippen molar-refractivity contribution in [1.29, 1.82) is 0 Å². The summed E-state index contributed by atoms with van der Waals surface area (Å²) in [6.45, 7) is -0.238. The Labute approximate surface area is 126 Å². The van der Waals surface area contributed by atoms with Gasteiger partial charge in [-0.3, -0.25) is 4.79 Å². The highest BCUT2D eigenvalue weighted by atomic mass is 35.5. The summed E-state index contributed by atoms with van der Waals surface area (Å²) in [7, 11) is 1.56. The fourth-order valence-electron chi connectivity index (χ4n) is 1.61. The first-order valence-electron chi connectivity index (χ1n) is 6.11. The van der Waals surface area contributed by atoms with Crippen LogP contribution in [0.15, 0.2) is 42.5 Å². The zero-order valence-corrected chi connectivity index (χ0v) is 12.0. The molecule has 0 saturated carbocycles. The van der Waals surface area contributed by atoms with Crippen molar-refractivity contribution in [2.45, 2.75) is 0 Å². The molecule has 110 valence electrons. The number of methoxy groups -OCH3 is 1. The molecule has 0 atom stereocenters. The van der Waals surface area contributed by atoms with Crippen molar-refractivity contribution < 1.29 is 18.7 Å². The van der Waals surface area contributed by atoms with Gasteiger partial charge in [0.1, 0.15) is 11.5 Å². The Hall–Kier alpha value is -2.27. The van der Waals surface area contributed by atoms with Gasteiger partial charge in [-0.05, 0) is 36.4 Å². The van der Waals surface area contributed by atoms with Crippen molar-refractivity contribution in [2.24, 2.45) is 0 Å². The Balaban J connectivity index is 1.91. The molecule has 0 unspecified atom stereocenters. The summed E-state index contributed by atoms with van der Waals surface area (Å²) in [5.41, 5.74) is 0.0193. The molecular formula is C15H13ClFNO3. The molecule has 0 fully saturated rings. The van der Waals surface area contributed by atoms with Gasteiger partial charge in [-0.25, -0.2) is 4.39 Å². The second-order valence-corrected chi connectivity index (χ2v) is 4.52. The molecule has 2 aromatic carbocycles. The molecule has 0 spiro atoms. The van der Waals surface area contributed by atoms with Crippen molar-refractivity contribution in [3.05, 3.63) is 53.3 Å². The zero-order valence-electron chi connectivity index (χ0n) is 11.2.